The molecule has 0 aromatic carbocycles. The van der Waals surface area contributed by atoms with Crippen molar-refractivity contribution in [2.45, 2.75) is 39.7 Å². The molecule has 0 saturated carbocycles. The van der Waals surface area contributed by atoms with E-state index >= 15 is 0 Å². The molecule has 21 heavy (non-hydrogen) atoms. The highest BCUT2D eigenvalue weighted by atomic mass is 16.3. The largest absolute Gasteiger partial charge is 0.467 e. The van der Waals surface area contributed by atoms with Crippen molar-refractivity contribution >= 4 is 11.8 Å². The van der Waals surface area contributed by atoms with Crippen LogP contribution in [0.1, 0.15) is 45.4 Å². The van der Waals surface area contributed by atoms with Crippen LogP contribution in [0.5, 0.6) is 0 Å². The molecule has 1 aromatic heterocycles. The Morgan fingerprint density at radius 2 is 2.10 bits per heavy atom. The van der Waals surface area contributed by atoms with Crippen LogP contribution in [0.3, 0.4) is 0 Å². The van der Waals surface area contributed by atoms with Gasteiger partial charge in [0.1, 0.15) is 11.8 Å². The molecule has 0 aliphatic rings. The van der Waals surface area contributed by atoms with Crippen molar-refractivity contribution < 1.29 is 19.1 Å². The second kappa shape index (κ2) is 7.83. The summed E-state index contributed by atoms with van der Waals surface area (Å²) in [6, 6.07) is 2.87. The van der Waals surface area contributed by atoms with Crippen LogP contribution in [-0.2, 0) is 9.59 Å². The van der Waals surface area contributed by atoms with E-state index in [4.69, 9.17) is 4.42 Å². The Kier molecular flexibility index (Phi) is 6.42. The minimum Gasteiger partial charge on any atom is -0.467 e. The van der Waals surface area contributed by atoms with Crippen LogP contribution in [0.4, 0.5) is 0 Å². The van der Waals surface area contributed by atoms with Crippen LogP contribution in [0.2, 0.25) is 0 Å². The van der Waals surface area contributed by atoms with Crippen LogP contribution in [0.25, 0.3) is 0 Å². The zero-order chi connectivity index (χ0) is 15.9. The lowest BCUT2D eigenvalue weighted by atomic mass is 9.96. The van der Waals surface area contributed by atoms with Gasteiger partial charge in [-0.2, -0.15) is 0 Å². The van der Waals surface area contributed by atoms with Crippen molar-refractivity contribution in [1.29, 1.82) is 0 Å². The van der Waals surface area contributed by atoms with Gasteiger partial charge >= 0.3 is 0 Å². The highest BCUT2D eigenvalue weighted by molar-refractivity contribution is 5.81. The van der Waals surface area contributed by atoms with Gasteiger partial charge in [0, 0.05) is 18.4 Å². The molecule has 0 spiro atoms. The number of hydrogen-bond acceptors (Lipinski definition) is 4. The standard InChI is InChI=1S/C15H24N2O4/c1-15(2,3)14(20)16-8-4-7-13(19)17-11(10-18)12-6-5-9-21-12/h5-6,9,11,18H,4,7-8,10H2,1-3H3,(H,16,20)(H,17,19). The number of amides is 2. The monoisotopic (exact) mass is 296 g/mol. The Hall–Kier alpha value is -1.82. The predicted molar refractivity (Wildman–Crippen MR) is 78.4 cm³/mol. The molecule has 1 aromatic rings. The van der Waals surface area contributed by atoms with Gasteiger partial charge in [0.2, 0.25) is 11.8 Å². The predicted octanol–water partition coefficient (Wildman–Crippen LogP) is 1.37. The van der Waals surface area contributed by atoms with Crippen LogP contribution in [-0.4, -0.2) is 30.1 Å². The molecule has 1 atom stereocenters. The number of carbonyl (C=O) groups excluding carboxylic acids is 2. The smallest absolute Gasteiger partial charge is 0.225 e. The van der Waals surface area contributed by atoms with Crippen molar-refractivity contribution in [3.05, 3.63) is 24.2 Å². The van der Waals surface area contributed by atoms with Gasteiger partial charge in [-0.25, -0.2) is 0 Å². The zero-order valence-electron chi connectivity index (χ0n) is 12.8. The van der Waals surface area contributed by atoms with Gasteiger partial charge in [-0.05, 0) is 18.6 Å². The first kappa shape index (κ1) is 17.2. The van der Waals surface area contributed by atoms with Crippen molar-refractivity contribution in [2.24, 2.45) is 5.41 Å². The molecule has 0 fully saturated rings. The van der Waals surface area contributed by atoms with E-state index in [0.29, 0.717) is 18.7 Å². The maximum atomic E-state index is 11.8. The summed E-state index contributed by atoms with van der Waals surface area (Å²) in [6.45, 7) is 5.74. The maximum absolute atomic E-state index is 11.8. The number of rotatable bonds is 7. The van der Waals surface area contributed by atoms with Gasteiger partial charge in [0.15, 0.2) is 0 Å². The van der Waals surface area contributed by atoms with Crippen molar-refractivity contribution in [2.75, 3.05) is 13.2 Å². The molecule has 0 saturated heterocycles. The molecule has 6 nitrogen and oxygen atoms in total. The van der Waals surface area contributed by atoms with Crippen LogP contribution >= 0.6 is 0 Å². The molecule has 0 aliphatic carbocycles. The first-order valence-corrected chi connectivity index (χ1v) is 7.06. The molecular weight excluding hydrogens is 272 g/mol. The third-order valence-corrected chi connectivity index (χ3v) is 2.95. The van der Waals surface area contributed by atoms with E-state index in [-0.39, 0.29) is 24.8 Å². The topological polar surface area (TPSA) is 91.6 Å². The SMILES string of the molecule is CC(C)(C)C(=O)NCCCC(=O)NC(CO)c1ccco1. The number of nitrogens with one attached hydrogen (secondary N) is 2. The number of carbonyl (C=O) groups is 2. The summed E-state index contributed by atoms with van der Waals surface area (Å²) in [6.07, 6.45) is 2.32. The summed E-state index contributed by atoms with van der Waals surface area (Å²) in [5.74, 6) is 0.300. The first-order valence-electron chi connectivity index (χ1n) is 7.06. The summed E-state index contributed by atoms with van der Waals surface area (Å²) >= 11 is 0. The number of aliphatic hydroxyl groups is 1. The fraction of sp³-hybridized carbons (Fsp3) is 0.600. The Morgan fingerprint density at radius 3 is 2.62 bits per heavy atom. The average Bonchev–Trinajstić information content (AvgIpc) is 2.93. The lowest BCUT2D eigenvalue weighted by Gasteiger charge is -2.17. The number of furan rings is 1. The molecule has 0 bridgehead atoms. The summed E-state index contributed by atoms with van der Waals surface area (Å²) in [5.41, 5.74) is -0.427. The van der Waals surface area contributed by atoms with Gasteiger partial charge in [-0.3, -0.25) is 9.59 Å². The van der Waals surface area contributed by atoms with E-state index < -0.39 is 11.5 Å². The molecule has 6 heteroatoms. The van der Waals surface area contributed by atoms with Crippen LogP contribution in [0, 0.1) is 5.41 Å². The normalized spacial score (nSPS) is 12.8. The Balaban J connectivity index is 2.27. The molecule has 0 radical (unpaired) electrons. The lowest BCUT2D eigenvalue weighted by Crippen LogP contribution is -2.36. The van der Waals surface area contributed by atoms with Gasteiger partial charge < -0.3 is 20.2 Å². The zero-order valence-corrected chi connectivity index (χ0v) is 12.8. The van der Waals surface area contributed by atoms with Crippen molar-refractivity contribution in [3.63, 3.8) is 0 Å². The van der Waals surface area contributed by atoms with E-state index in [1.54, 1.807) is 12.1 Å². The summed E-state index contributed by atoms with van der Waals surface area (Å²) < 4.78 is 5.15. The quantitative estimate of drug-likeness (QED) is 0.663. The van der Waals surface area contributed by atoms with Gasteiger partial charge in [0.05, 0.1) is 12.9 Å². The fourth-order valence-corrected chi connectivity index (χ4v) is 1.68. The molecule has 1 unspecified atom stereocenters. The van der Waals surface area contributed by atoms with Crippen molar-refractivity contribution in [1.82, 2.24) is 10.6 Å². The van der Waals surface area contributed by atoms with Gasteiger partial charge in [-0.1, -0.05) is 20.8 Å². The van der Waals surface area contributed by atoms with E-state index in [1.165, 1.54) is 6.26 Å². The third kappa shape index (κ3) is 5.99. The molecule has 118 valence electrons. The minimum absolute atomic E-state index is 0.0354. The highest BCUT2D eigenvalue weighted by Gasteiger charge is 2.20. The van der Waals surface area contributed by atoms with Crippen LogP contribution < -0.4 is 10.6 Å². The second-order valence-corrected chi connectivity index (χ2v) is 5.93. The highest BCUT2D eigenvalue weighted by Crippen LogP contribution is 2.13. The van der Waals surface area contributed by atoms with E-state index in [0.717, 1.165) is 0 Å². The third-order valence-electron chi connectivity index (χ3n) is 2.95. The average molecular weight is 296 g/mol. The Morgan fingerprint density at radius 1 is 1.38 bits per heavy atom. The molecular formula is C15H24N2O4. The number of hydrogen-bond donors (Lipinski definition) is 3. The van der Waals surface area contributed by atoms with Crippen LogP contribution in [0.15, 0.2) is 22.8 Å². The lowest BCUT2D eigenvalue weighted by molar-refractivity contribution is -0.128. The number of aliphatic hydroxyl groups excluding tert-OH is 1. The minimum atomic E-state index is -0.531. The maximum Gasteiger partial charge on any atom is 0.225 e. The molecule has 0 aliphatic heterocycles. The second-order valence-electron chi connectivity index (χ2n) is 5.93. The Labute approximate surface area is 124 Å². The molecule has 1 heterocycles. The van der Waals surface area contributed by atoms with Gasteiger partial charge in [-0.15, -0.1) is 0 Å². The van der Waals surface area contributed by atoms with E-state index in [2.05, 4.69) is 10.6 Å². The van der Waals surface area contributed by atoms with E-state index in [1.807, 2.05) is 20.8 Å². The Bertz CT molecular complexity index is 449. The summed E-state index contributed by atoms with van der Waals surface area (Å²) in [5, 5.41) is 14.7. The molecule has 1 rings (SSSR count). The van der Waals surface area contributed by atoms with Crippen molar-refractivity contribution in [3.8, 4) is 0 Å². The molecule has 3 N–H and O–H groups in total. The summed E-state index contributed by atoms with van der Waals surface area (Å²) in [7, 11) is 0. The van der Waals surface area contributed by atoms with E-state index in [9.17, 15) is 14.7 Å². The first-order chi connectivity index (χ1) is 9.84. The molecule has 2 amide bonds. The van der Waals surface area contributed by atoms with Gasteiger partial charge in [0.25, 0.3) is 0 Å². The summed E-state index contributed by atoms with van der Waals surface area (Å²) in [4.78, 5) is 23.4. The fourth-order valence-electron chi connectivity index (χ4n) is 1.68.